The number of pyridine rings is 4. The first-order valence-corrected chi connectivity index (χ1v) is 23.1. The third kappa shape index (κ3) is 11.1. The lowest BCUT2D eigenvalue weighted by Gasteiger charge is -2.03. The maximum absolute atomic E-state index is 12.7. The van der Waals surface area contributed by atoms with Crippen molar-refractivity contribution in [2.45, 2.75) is 33.1 Å². The molecule has 0 amide bonds. The van der Waals surface area contributed by atoms with Crippen LogP contribution in [0, 0.1) is 13.8 Å². The Kier molecular flexibility index (Phi) is 13.4. The Morgan fingerprint density at radius 3 is 1.77 bits per heavy atom. The normalized spacial score (nSPS) is 11.9. The summed E-state index contributed by atoms with van der Waals surface area (Å²) in [6.07, 6.45) is 20.5. The number of carboxylic acids is 1. The van der Waals surface area contributed by atoms with Crippen LogP contribution in [0.15, 0.2) is 170 Å². The molecule has 0 atom stereocenters. The third-order valence-corrected chi connectivity index (χ3v) is 11.6. The molecule has 0 aliphatic carbocycles. The number of fused-ring (bicyclic) bond motifs is 2. The SMILES string of the molecule is Cc1cn(-c2nccc3[nH]c(-c4ccc(CC(=O)CC5=CC(c6cccnc6)=NC5)cc4)nc23)cn1.Cc1cn(-c2nccc3[nH]c(-c4ccc(N)cc4)nc23)cn1.O=C(O)Cc1cc(-c2cccnc2)n[nH]1. The fourth-order valence-electron chi connectivity index (χ4n) is 8.08. The van der Waals surface area contributed by atoms with Gasteiger partial charge in [0.1, 0.15) is 41.1 Å². The number of nitrogens with two attached hydrogens (primary N) is 1. The first-order valence-electron chi connectivity index (χ1n) is 23.1. The lowest BCUT2D eigenvalue weighted by atomic mass is 10.0. The van der Waals surface area contributed by atoms with E-state index in [4.69, 9.17) is 20.8 Å². The van der Waals surface area contributed by atoms with Gasteiger partial charge in [-0.05, 0) is 97.8 Å². The van der Waals surface area contributed by atoms with Crippen molar-refractivity contribution in [1.29, 1.82) is 0 Å². The molecule has 0 radical (unpaired) electrons. The van der Waals surface area contributed by atoms with Crippen molar-refractivity contribution in [3.05, 3.63) is 193 Å². The molecule has 2 aromatic carbocycles. The van der Waals surface area contributed by atoms with Crippen LogP contribution >= 0.6 is 0 Å². The van der Waals surface area contributed by atoms with Gasteiger partial charge in [-0.2, -0.15) is 5.10 Å². The van der Waals surface area contributed by atoms with Gasteiger partial charge in [0, 0.05) is 96.1 Å². The number of Topliss-reactive ketones (excluding diaryl/α,β-unsaturated/α-hetero) is 1. The average Bonchev–Trinajstić information content (AvgIpc) is 4.28. The molecule has 0 saturated heterocycles. The van der Waals surface area contributed by atoms with E-state index in [2.05, 4.69) is 55.1 Å². The van der Waals surface area contributed by atoms with Crippen molar-refractivity contribution in [3.8, 4) is 45.7 Å². The number of hydrogen-bond donors (Lipinski definition) is 5. The number of imidazole rings is 4. The zero-order chi connectivity index (χ0) is 50.3. The van der Waals surface area contributed by atoms with Crippen molar-refractivity contribution >= 4 is 45.2 Å². The number of anilines is 1. The number of carbonyl (C=O) groups is 2. The molecular formula is C54H46N16O3. The van der Waals surface area contributed by atoms with Crippen LogP contribution in [0.3, 0.4) is 0 Å². The van der Waals surface area contributed by atoms with Crippen LogP contribution in [0.4, 0.5) is 5.69 Å². The summed E-state index contributed by atoms with van der Waals surface area (Å²) in [4.78, 5) is 69.5. The predicted molar refractivity (Wildman–Crippen MR) is 277 cm³/mol. The summed E-state index contributed by atoms with van der Waals surface area (Å²) < 4.78 is 3.76. The van der Waals surface area contributed by atoms with Crippen LogP contribution in [0.2, 0.25) is 0 Å². The molecule has 0 unspecified atom stereocenters. The summed E-state index contributed by atoms with van der Waals surface area (Å²) in [5, 5.41) is 15.3. The number of aromatic nitrogens is 14. The Bertz CT molecular complexity index is 3770. The Morgan fingerprint density at radius 2 is 1.23 bits per heavy atom. The van der Waals surface area contributed by atoms with Crippen LogP contribution in [-0.2, 0) is 22.4 Å². The fourth-order valence-corrected chi connectivity index (χ4v) is 8.08. The number of allylic oxidation sites excluding steroid dienone is 1. The number of aliphatic imine (C=N–C) groups is 1. The number of aromatic amines is 3. The molecular weight excluding hydrogens is 921 g/mol. The van der Waals surface area contributed by atoms with E-state index in [1.807, 2.05) is 120 Å². The standard InChI is InChI=1S/C28H23N7O.C16H14N6.C10H9N3O2/c1-18-16-35(17-32-18)28-26-24(8-10-30-28)33-27(34-26)21-6-4-19(5-7-21)11-23(36)12-20-13-25(31-14-20)22-3-2-9-29-15-22;1-10-8-22(9-19-10)16-14-13(6-7-18-16)20-15(21-14)11-2-4-12(17)5-3-11;14-10(15)5-8-4-9(13-12-8)7-2-1-3-11-6-7/h2-10,13,15-17H,11-12,14H2,1H3,(H,33,34);2-9H,17H2,1H3,(H,20,21);1-4,6H,5H2,(H,12,13)(H,14,15). The summed E-state index contributed by atoms with van der Waals surface area (Å²) >= 11 is 0. The van der Waals surface area contributed by atoms with Crippen LogP contribution in [-0.4, -0.2) is 98.3 Å². The first-order chi connectivity index (χ1) is 35.6. The number of nitrogens with zero attached hydrogens (tertiary/aromatic N) is 12. The van der Waals surface area contributed by atoms with E-state index in [9.17, 15) is 9.59 Å². The minimum absolute atomic E-state index is 0.0484. The van der Waals surface area contributed by atoms with E-state index >= 15 is 0 Å². The molecule has 6 N–H and O–H groups in total. The quantitative estimate of drug-likeness (QED) is 0.0723. The van der Waals surface area contributed by atoms with Gasteiger partial charge in [0.15, 0.2) is 11.6 Å². The summed E-state index contributed by atoms with van der Waals surface area (Å²) in [6.45, 7) is 4.45. The number of rotatable bonds is 12. The molecule has 19 nitrogen and oxygen atoms in total. The second kappa shape index (κ2) is 20.9. The summed E-state index contributed by atoms with van der Waals surface area (Å²) in [5.41, 5.74) is 19.7. The van der Waals surface area contributed by atoms with Gasteiger partial charge >= 0.3 is 5.97 Å². The molecule has 10 heterocycles. The lowest BCUT2D eigenvalue weighted by Crippen LogP contribution is -2.05. The maximum Gasteiger partial charge on any atom is 0.309 e. The number of benzene rings is 2. The Morgan fingerprint density at radius 1 is 0.658 bits per heavy atom. The highest BCUT2D eigenvalue weighted by Crippen LogP contribution is 2.27. The van der Waals surface area contributed by atoms with Gasteiger partial charge < -0.3 is 20.8 Å². The van der Waals surface area contributed by atoms with Crippen molar-refractivity contribution in [3.63, 3.8) is 0 Å². The molecule has 0 bridgehead atoms. The molecule has 19 heteroatoms. The minimum Gasteiger partial charge on any atom is -0.481 e. The molecule has 12 rings (SSSR count). The number of carbonyl (C=O) groups excluding carboxylic acids is 1. The monoisotopic (exact) mass is 966 g/mol. The number of H-pyrrole nitrogens is 3. The minimum atomic E-state index is -0.878. The molecule has 0 fully saturated rings. The van der Waals surface area contributed by atoms with Crippen molar-refractivity contribution in [2.75, 3.05) is 12.3 Å². The molecule has 0 saturated carbocycles. The van der Waals surface area contributed by atoms with E-state index in [0.29, 0.717) is 30.8 Å². The number of ketones is 1. The molecule has 11 aromatic rings. The number of hydrogen-bond acceptors (Lipinski definition) is 13. The van der Waals surface area contributed by atoms with Crippen LogP contribution in [0.25, 0.3) is 67.7 Å². The molecule has 360 valence electrons. The average molecular weight is 967 g/mol. The molecule has 73 heavy (non-hydrogen) atoms. The topological polar surface area (TPSA) is 266 Å². The second-order valence-electron chi connectivity index (χ2n) is 17.1. The van der Waals surface area contributed by atoms with Gasteiger partial charge in [-0.25, -0.2) is 29.9 Å². The van der Waals surface area contributed by atoms with Crippen molar-refractivity contribution in [1.82, 2.24) is 69.2 Å². The van der Waals surface area contributed by atoms with E-state index in [-0.39, 0.29) is 12.2 Å². The molecule has 1 aliphatic rings. The zero-order valence-corrected chi connectivity index (χ0v) is 39.5. The summed E-state index contributed by atoms with van der Waals surface area (Å²) in [7, 11) is 0. The summed E-state index contributed by atoms with van der Waals surface area (Å²) in [6, 6.07) is 28.7. The largest absolute Gasteiger partial charge is 0.481 e. The van der Waals surface area contributed by atoms with E-state index in [0.717, 1.165) is 102 Å². The van der Waals surface area contributed by atoms with Crippen LogP contribution in [0.5, 0.6) is 0 Å². The predicted octanol–water partition coefficient (Wildman–Crippen LogP) is 8.25. The highest BCUT2D eigenvalue weighted by molar-refractivity contribution is 6.10. The van der Waals surface area contributed by atoms with Crippen LogP contribution in [0.1, 0.15) is 34.6 Å². The smallest absolute Gasteiger partial charge is 0.309 e. The van der Waals surface area contributed by atoms with E-state index < -0.39 is 5.97 Å². The number of aliphatic carboxylic acids is 1. The zero-order valence-electron chi connectivity index (χ0n) is 39.5. The van der Waals surface area contributed by atoms with Crippen LogP contribution < -0.4 is 5.73 Å². The summed E-state index contributed by atoms with van der Waals surface area (Å²) in [5.74, 6) is 2.33. The fraction of sp³-hybridized carbons (Fsp3) is 0.111. The van der Waals surface area contributed by atoms with Crippen molar-refractivity contribution < 1.29 is 14.7 Å². The Hall–Kier alpha value is -10.0. The highest BCUT2D eigenvalue weighted by atomic mass is 16.4. The molecule has 9 aromatic heterocycles. The van der Waals surface area contributed by atoms with E-state index in [1.54, 1.807) is 62.0 Å². The third-order valence-electron chi connectivity index (χ3n) is 11.6. The molecule has 1 aliphatic heterocycles. The van der Waals surface area contributed by atoms with Gasteiger partial charge in [0.2, 0.25) is 0 Å². The maximum atomic E-state index is 12.7. The number of nitrogens with one attached hydrogen (secondary N) is 3. The van der Waals surface area contributed by atoms with Crippen molar-refractivity contribution in [2.24, 2.45) is 4.99 Å². The second-order valence-corrected chi connectivity index (χ2v) is 17.1. The number of aryl methyl sites for hydroxylation is 2. The number of nitrogen functional groups attached to an aromatic ring is 1. The lowest BCUT2D eigenvalue weighted by molar-refractivity contribution is -0.136. The Labute approximate surface area is 416 Å². The first kappa shape index (κ1) is 46.7. The van der Waals surface area contributed by atoms with Gasteiger partial charge in [-0.3, -0.25) is 38.8 Å². The van der Waals surface area contributed by atoms with Gasteiger partial charge in [0.25, 0.3) is 0 Å². The number of carboxylic acid groups (broad SMARTS) is 1. The van der Waals surface area contributed by atoms with Gasteiger partial charge in [-0.1, -0.05) is 24.3 Å². The Balaban J connectivity index is 0.000000140. The van der Waals surface area contributed by atoms with Gasteiger partial charge in [-0.15, -0.1) is 0 Å². The van der Waals surface area contributed by atoms with Gasteiger partial charge in [0.05, 0.1) is 46.8 Å². The molecule has 0 spiro atoms. The van der Waals surface area contributed by atoms with E-state index in [1.165, 1.54) is 0 Å². The highest BCUT2D eigenvalue weighted by Gasteiger charge is 2.17.